The fourth-order valence-corrected chi connectivity index (χ4v) is 3.99. The van der Waals surface area contributed by atoms with E-state index in [1.54, 1.807) is 12.1 Å². The Morgan fingerprint density at radius 3 is 2.73 bits per heavy atom. The number of hydrogen-bond acceptors (Lipinski definition) is 4. The monoisotopic (exact) mass is 418 g/mol. The Hall–Kier alpha value is -2.48. The minimum Gasteiger partial charge on any atom is -0.355 e. The highest BCUT2D eigenvalue weighted by Crippen LogP contribution is 2.23. The fourth-order valence-electron chi connectivity index (χ4n) is 3.99. The van der Waals surface area contributed by atoms with Crippen LogP contribution in [0.15, 0.2) is 18.2 Å². The molecule has 3 amide bonds. The van der Waals surface area contributed by atoms with Crippen LogP contribution in [0, 0.1) is 11.7 Å². The molecule has 0 aromatic heterocycles. The molecule has 0 saturated carbocycles. The highest BCUT2D eigenvalue weighted by molar-refractivity contribution is 5.98. The molecule has 164 valence electrons. The van der Waals surface area contributed by atoms with Crippen LogP contribution < -0.4 is 16.0 Å². The molecule has 7 nitrogen and oxygen atoms in total. The van der Waals surface area contributed by atoms with E-state index >= 15 is 0 Å². The Bertz CT molecular complexity index is 799. The summed E-state index contributed by atoms with van der Waals surface area (Å²) in [4.78, 5) is 39.6. The third kappa shape index (κ3) is 5.36. The highest BCUT2D eigenvalue weighted by atomic mass is 19.1. The molecular weight excluding hydrogens is 387 g/mol. The summed E-state index contributed by atoms with van der Waals surface area (Å²) in [6, 6.07) is 3.74. The van der Waals surface area contributed by atoms with Crippen molar-refractivity contribution in [2.45, 2.75) is 51.6 Å². The number of halogens is 1. The van der Waals surface area contributed by atoms with Crippen LogP contribution in [0.25, 0.3) is 0 Å². The number of carbonyl (C=O) groups is 3. The van der Waals surface area contributed by atoms with Gasteiger partial charge < -0.3 is 20.9 Å². The van der Waals surface area contributed by atoms with Gasteiger partial charge in [0.05, 0.1) is 12.1 Å². The lowest BCUT2D eigenvalue weighted by Gasteiger charge is -2.28. The summed E-state index contributed by atoms with van der Waals surface area (Å²) in [7, 11) is 0. The van der Waals surface area contributed by atoms with Gasteiger partial charge in [-0.15, -0.1) is 0 Å². The second-order valence-corrected chi connectivity index (χ2v) is 8.41. The van der Waals surface area contributed by atoms with E-state index < -0.39 is 17.8 Å². The van der Waals surface area contributed by atoms with Gasteiger partial charge in [-0.2, -0.15) is 0 Å². The Labute approximate surface area is 176 Å². The standard InChI is InChI=1S/C22H31FN4O3/c1-14(2)18-12-24-13-20(28)25-9-3-5-15-7-8-17(23)16(11-15)22(30)27-10-4-6-19(27)21(29)26-18/h7-8,11,14,18-19,24H,3-6,9-10,12-13H2,1-2H3,(H,25,28)(H,26,29)/t18-,19-/m0/s1. The van der Waals surface area contributed by atoms with Gasteiger partial charge in [-0.1, -0.05) is 19.9 Å². The number of amides is 3. The summed E-state index contributed by atoms with van der Waals surface area (Å²) in [6.07, 6.45) is 2.56. The minimum atomic E-state index is -0.610. The topological polar surface area (TPSA) is 90.5 Å². The first-order valence-corrected chi connectivity index (χ1v) is 10.7. The molecule has 1 saturated heterocycles. The van der Waals surface area contributed by atoms with Gasteiger partial charge in [0.2, 0.25) is 11.8 Å². The molecule has 3 N–H and O–H groups in total. The summed E-state index contributed by atoms with van der Waals surface area (Å²) in [5.74, 6) is -1.21. The molecule has 2 bridgehead atoms. The molecule has 1 aromatic carbocycles. The second-order valence-electron chi connectivity index (χ2n) is 8.41. The van der Waals surface area contributed by atoms with Gasteiger partial charge in [0.1, 0.15) is 11.9 Å². The Kier molecular flexibility index (Phi) is 7.42. The number of rotatable bonds is 1. The molecule has 30 heavy (non-hydrogen) atoms. The van der Waals surface area contributed by atoms with E-state index in [2.05, 4.69) is 16.0 Å². The third-order valence-electron chi connectivity index (χ3n) is 5.82. The number of aryl methyl sites for hydroxylation is 1. The average molecular weight is 419 g/mol. The van der Waals surface area contributed by atoms with E-state index in [0.29, 0.717) is 45.3 Å². The summed E-state index contributed by atoms with van der Waals surface area (Å²) in [6.45, 7) is 5.55. The number of benzene rings is 1. The maximum atomic E-state index is 14.5. The van der Waals surface area contributed by atoms with E-state index in [1.807, 2.05) is 13.8 Å². The first kappa shape index (κ1) is 22.2. The van der Waals surface area contributed by atoms with Gasteiger partial charge in [-0.3, -0.25) is 14.4 Å². The Morgan fingerprint density at radius 1 is 1.17 bits per heavy atom. The number of nitrogens with zero attached hydrogens (tertiary/aromatic N) is 1. The molecule has 1 fully saturated rings. The lowest BCUT2D eigenvalue weighted by Crippen LogP contribution is -2.53. The summed E-state index contributed by atoms with van der Waals surface area (Å²) in [5.41, 5.74) is 0.833. The smallest absolute Gasteiger partial charge is 0.257 e. The Balaban J connectivity index is 1.86. The van der Waals surface area contributed by atoms with Crippen LogP contribution in [0.2, 0.25) is 0 Å². The molecule has 2 heterocycles. The molecule has 0 radical (unpaired) electrons. The highest BCUT2D eigenvalue weighted by Gasteiger charge is 2.36. The molecule has 1 aromatic rings. The molecule has 2 atom stereocenters. The maximum absolute atomic E-state index is 14.5. The van der Waals surface area contributed by atoms with E-state index in [0.717, 1.165) is 5.56 Å². The minimum absolute atomic E-state index is 0.00243. The zero-order valence-corrected chi connectivity index (χ0v) is 17.7. The van der Waals surface area contributed by atoms with E-state index in [1.165, 1.54) is 11.0 Å². The molecule has 3 rings (SSSR count). The maximum Gasteiger partial charge on any atom is 0.257 e. The molecule has 0 spiro atoms. The van der Waals surface area contributed by atoms with E-state index in [-0.39, 0.29) is 35.9 Å². The zero-order valence-electron chi connectivity index (χ0n) is 17.7. The quantitative estimate of drug-likeness (QED) is 0.640. The number of hydrogen-bond donors (Lipinski definition) is 3. The van der Waals surface area contributed by atoms with Crippen molar-refractivity contribution in [3.8, 4) is 0 Å². The number of nitrogens with one attached hydrogen (secondary N) is 3. The molecule has 0 unspecified atom stereocenters. The lowest BCUT2D eigenvalue weighted by molar-refractivity contribution is -0.125. The van der Waals surface area contributed by atoms with E-state index in [4.69, 9.17) is 0 Å². The average Bonchev–Trinajstić information content (AvgIpc) is 3.20. The predicted octanol–water partition coefficient (Wildman–Crippen LogP) is 1.22. The molecular formula is C22H31FN4O3. The molecule has 0 aliphatic carbocycles. The SMILES string of the molecule is CC(C)[C@@H]1CNCC(=O)NCCCc2ccc(F)c(c2)C(=O)N2CCC[C@H]2C(=O)N1. The molecule has 2 aliphatic rings. The van der Waals surface area contributed by atoms with Gasteiger partial charge >= 0.3 is 0 Å². The normalized spacial score (nSPS) is 24.3. The van der Waals surface area contributed by atoms with Gasteiger partial charge in [-0.25, -0.2) is 4.39 Å². The van der Waals surface area contributed by atoms with Crippen LogP contribution in [0.3, 0.4) is 0 Å². The van der Waals surface area contributed by atoms with Gasteiger partial charge in [0.15, 0.2) is 0 Å². The van der Waals surface area contributed by atoms with Crippen molar-refractivity contribution >= 4 is 17.7 Å². The van der Waals surface area contributed by atoms with Crippen molar-refractivity contribution in [1.29, 1.82) is 0 Å². The van der Waals surface area contributed by atoms with Crippen LogP contribution in [0.4, 0.5) is 4.39 Å². The first-order chi connectivity index (χ1) is 14.4. The zero-order chi connectivity index (χ0) is 21.7. The first-order valence-electron chi connectivity index (χ1n) is 10.7. The molecule has 2 aliphatic heterocycles. The number of fused-ring (bicyclic) bond motifs is 3. The second kappa shape index (κ2) is 10.0. The van der Waals surface area contributed by atoms with Crippen molar-refractivity contribution in [3.63, 3.8) is 0 Å². The van der Waals surface area contributed by atoms with Crippen molar-refractivity contribution in [3.05, 3.63) is 35.1 Å². The fraction of sp³-hybridized carbons (Fsp3) is 0.591. The van der Waals surface area contributed by atoms with Crippen molar-refractivity contribution in [1.82, 2.24) is 20.9 Å². The van der Waals surface area contributed by atoms with Crippen LogP contribution in [0.1, 0.15) is 49.0 Å². The summed E-state index contributed by atoms with van der Waals surface area (Å²) in [5, 5.41) is 8.98. The van der Waals surface area contributed by atoms with Crippen molar-refractivity contribution in [2.24, 2.45) is 5.92 Å². The lowest BCUT2D eigenvalue weighted by atomic mass is 10.0. The van der Waals surface area contributed by atoms with Crippen LogP contribution in [0.5, 0.6) is 0 Å². The van der Waals surface area contributed by atoms with Gasteiger partial charge in [-0.05, 0) is 49.3 Å². The van der Waals surface area contributed by atoms with Crippen LogP contribution in [-0.2, 0) is 16.0 Å². The van der Waals surface area contributed by atoms with Crippen molar-refractivity contribution < 1.29 is 18.8 Å². The summed E-state index contributed by atoms with van der Waals surface area (Å²) >= 11 is 0. The third-order valence-corrected chi connectivity index (χ3v) is 5.82. The van der Waals surface area contributed by atoms with Crippen molar-refractivity contribution in [2.75, 3.05) is 26.2 Å². The van der Waals surface area contributed by atoms with Crippen LogP contribution >= 0.6 is 0 Å². The Morgan fingerprint density at radius 2 is 1.97 bits per heavy atom. The summed E-state index contributed by atoms with van der Waals surface area (Å²) < 4.78 is 14.5. The largest absolute Gasteiger partial charge is 0.355 e. The van der Waals surface area contributed by atoms with E-state index in [9.17, 15) is 18.8 Å². The molecule has 8 heteroatoms. The number of carbonyl (C=O) groups excluding carboxylic acids is 3. The van der Waals surface area contributed by atoms with Crippen LogP contribution in [-0.4, -0.2) is 60.9 Å². The van der Waals surface area contributed by atoms with Gasteiger partial charge in [0.25, 0.3) is 5.91 Å². The predicted molar refractivity (Wildman–Crippen MR) is 111 cm³/mol. The van der Waals surface area contributed by atoms with Gasteiger partial charge in [0, 0.05) is 25.7 Å².